The van der Waals surface area contributed by atoms with Crippen molar-refractivity contribution >= 4 is 35.2 Å². The molecule has 158 valence electrons. The van der Waals surface area contributed by atoms with Crippen LogP contribution < -0.4 is 5.32 Å². The Morgan fingerprint density at radius 1 is 0.867 bits per heavy atom. The number of carboxylic acid groups (broad SMARTS) is 1. The Morgan fingerprint density at radius 3 is 1.67 bits per heavy atom. The summed E-state index contributed by atoms with van der Waals surface area (Å²) < 4.78 is 0. The number of hydrogen-bond acceptors (Lipinski definition) is 5. The number of carbonyl (C=O) groups excluding carboxylic acids is 3. The van der Waals surface area contributed by atoms with Crippen LogP contribution in [0.1, 0.15) is 66.4 Å². The third kappa shape index (κ3) is 6.03. The van der Waals surface area contributed by atoms with Gasteiger partial charge < -0.3 is 10.4 Å². The molecular formula is C23H25NO5S. The average molecular weight is 428 g/mol. The van der Waals surface area contributed by atoms with Crippen molar-refractivity contribution in [2.24, 2.45) is 0 Å². The second kappa shape index (κ2) is 10.2. The highest BCUT2D eigenvalue weighted by Gasteiger charge is 2.21. The number of aromatic carboxylic acids is 1. The summed E-state index contributed by atoms with van der Waals surface area (Å²) in [6, 6.07) is 10.1. The van der Waals surface area contributed by atoms with Gasteiger partial charge in [0.15, 0.2) is 11.6 Å². The Bertz CT molecular complexity index is 995. The van der Waals surface area contributed by atoms with E-state index in [1.165, 1.54) is 26.0 Å². The molecule has 2 aromatic carbocycles. The van der Waals surface area contributed by atoms with Gasteiger partial charge in [-0.2, -0.15) is 11.8 Å². The molecule has 1 fully saturated rings. The lowest BCUT2D eigenvalue weighted by Gasteiger charge is -2.26. The van der Waals surface area contributed by atoms with Crippen molar-refractivity contribution < 1.29 is 24.3 Å². The van der Waals surface area contributed by atoms with Crippen LogP contribution in [-0.4, -0.2) is 46.1 Å². The zero-order chi connectivity index (χ0) is 22.4. The largest absolute Gasteiger partial charge is 0.478 e. The molecule has 7 heteroatoms. The minimum absolute atomic E-state index is 0.0236. The van der Waals surface area contributed by atoms with E-state index in [1.807, 2.05) is 18.7 Å². The summed E-state index contributed by atoms with van der Waals surface area (Å²) >= 11 is 1.83. The summed E-state index contributed by atoms with van der Waals surface area (Å²) in [6.07, 6.45) is 0. The molecule has 1 saturated heterocycles. The van der Waals surface area contributed by atoms with Crippen molar-refractivity contribution in [2.45, 2.75) is 33.7 Å². The molecule has 1 aliphatic rings. The Balaban J connectivity index is 0.000000222. The van der Waals surface area contributed by atoms with Crippen LogP contribution in [0.25, 0.3) is 0 Å². The van der Waals surface area contributed by atoms with Crippen molar-refractivity contribution in [3.63, 3.8) is 0 Å². The number of Topliss-reactive ketones (excluding diaryl/α,β-unsaturated/α-hetero) is 2. The molecule has 6 nitrogen and oxygen atoms in total. The van der Waals surface area contributed by atoms with Crippen molar-refractivity contribution in [1.29, 1.82) is 0 Å². The van der Waals surface area contributed by atoms with E-state index in [0.717, 1.165) is 17.1 Å². The number of carboxylic acids is 1. The fourth-order valence-electron chi connectivity index (χ4n) is 2.84. The van der Waals surface area contributed by atoms with Crippen LogP contribution in [0.2, 0.25) is 0 Å². The summed E-state index contributed by atoms with van der Waals surface area (Å²) in [7, 11) is 0. The third-order valence-electron chi connectivity index (χ3n) is 4.71. The first-order valence-electron chi connectivity index (χ1n) is 9.45. The lowest BCUT2D eigenvalue weighted by atomic mass is 10.0. The Morgan fingerprint density at radius 2 is 1.33 bits per heavy atom. The first-order valence-corrected chi connectivity index (χ1v) is 10.6. The van der Waals surface area contributed by atoms with Crippen molar-refractivity contribution in [1.82, 2.24) is 5.32 Å². The second-order valence-corrected chi connectivity index (χ2v) is 8.26. The number of hydrogen-bond donors (Lipinski definition) is 2. The Kier molecular flexibility index (Phi) is 7.94. The molecule has 2 aromatic rings. The van der Waals surface area contributed by atoms with E-state index in [1.54, 1.807) is 31.2 Å². The maximum absolute atomic E-state index is 11.9. The van der Waals surface area contributed by atoms with Crippen LogP contribution >= 0.6 is 11.8 Å². The number of benzene rings is 2. The zero-order valence-electron chi connectivity index (χ0n) is 17.4. The van der Waals surface area contributed by atoms with Gasteiger partial charge in [0.1, 0.15) is 0 Å². The normalized spacial score (nSPS) is 12.8. The summed E-state index contributed by atoms with van der Waals surface area (Å²) in [6.45, 7) is 6.52. The lowest BCUT2D eigenvalue weighted by molar-refractivity contribution is 0.0695. The minimum Gasteiger partial charge on any atom is -0.478 e. The summed E-state index contributed by atoms with van der Waals surface area (Å²) in [5, 5.41) is 11.7. The van der Waals surface area contributed by atoms with E-state index >= 15 is 0 Å². The van der Waals surface area contributed by atoms with Gasteiger partial charge in [0.2, 0.25) is 0 Å². The van der Waals surface area contributed by atoms with Crippen molar-refractivity contribution in [2.75, 3.05) is 11.5 Å². The van der Waals surface area contributed by atoms with Gasteiger partial charge in [-0.25, -0.2) is 4.79 Å². The fourth-order valence-corrected chi connectivity index (χ4v) is 3.48. The van der Waals surface area contributed by atoms with Gasteiger partial charge >= 0.3 is 5.97 Å². The molecule has 1 aliphatic heterocycles. The van der Waals surface area contributed by atoms with E-state index in [0.29, 0.717) is 28.3 Å². The highest BCUT2D eigenvalue weighted by molar-refractivity contribution is 8.00. The van der Waals surface area contributed by atoms with Crippen LogP contribution in [0.4, 0.5) is 0 Å². The lowest BCUT2D eigenvalue weighted by Crippen LogP contribution is -2.44. The standard InChI is InChI=1S/C13H15NO2S.C10H10O3/c1-8-5-10(9(2)15)3-4-12(8)13(16)14-11-6-17-7-11;1-6-5-8(7(2)11)3-4-9(6)10(12)13/h3-5,11H,6-7H2,1-2H3,(H,14,16);3-5H,1-2H3,(H,12,13). The molecular weight excluding hydrogens is 402 g/mol. The SMILES string of the molecule is CC(=O)c1ccc(C(=O)NC2CSC2)c(C)c1.CC(=O)c1ccc(C(=O)O)c(C)c1. The van der Waals surface area contributed by atoms with Gasteiger partial charge in [0.05, 0.1) is 5.56 Å². The fraction of sp³-hybridized carbons (Fsp3) is 0.304. The van der Waals surface area contributed by atoms with Gasteiger partial charge in [-0.1, -0.05) is 12.1 Å². The van der Waals surface area contributed by atoms with E-state index in [2.05, 4.69) is 5.32 Å². The average Bonchev–Trinajstić information content (AvgIpc) is 2.64. The van der Waals surface area contributed by atoms with E-state index in [-0.39, 0.29) is 23.0 Å². The topological polar surface area (TPSA) is 101 Å². The third-order valence-corrected chi connectivity index (χ3v) is 5.99. The van der Waals surface area contributed by atoms with Crippen LogP contribution in [0, 0.1) is 13.8 Å². The maximum Gasteiger partial charge on any atom is 0.335 e. The number of ketones is 2. The van der Waals surface area contributed by atoms with Crippen molar-refractivity contribution in [3.8, 4) is 0 Å². The van der Waals surface area contributed by atoms with Gasteiger partial charge in [-0.05, 0) is 63.1 Å². The van der Waals surface area contributed by atoms with Gasteiger partial charge in [0, 0.05) is 34.2 Å². The molecule has 30 heavy (non-hydrogen) atoms. The molecule has 1 heterocycles. The van der Waals surface area contributed by atoms with Gasteiger partial charge in [-0.15, -0.1) is 0 Å². The predicted octanol–water partition coefficient (Wildman–Crippen LogP) is 3.94. The molecule has 0 spiro atoms. The Hall–Kier alpha value is -2.93. The number of amides is 1. The van der Waals surface area contributed by atoms with Crippen LogP contribution in [0.3, 0.4) is 0 Å². The van der Waals surface area contributed by atoms with Gasteiger partial charge in [-0.3, -0.25) is 14.4 Å². The van der Waals surface area contributed by atoms with Gasteiger partial charge in [0.25, 0.3) is 5.91 Å². The second-order valence-electron chi connectivity index (χ2n) is 7.18. The molecule has 1 amide bonds. The summed E-state index contributed by atoms with van der Waals surface area (Å²) in [4.78, 5) is 44.7. The smallest absolute Gasteiger partial charge is 0.335 e. The van der Waals surface area contributed by atoms with Crippen LogP contribution in [0.15, 0.2) is 36.4 Å². The number of nitrogens with one attached hydrogen (secondary N) is 1. The predicted molar refractivity (Wildman–Crippen MR) is 118 cm³/mol. The summed E-state index contributed by atoms with van der Waals surface area (Å²) in [5.41, 5.74) is 3.56. The molecule has 0 radical (unpaired) electrons. The first-order chi connectivity index (χ1) is 14.1. The van der Waals surface area contributed by atoms with Crippen LogP contribution in [-0.2, 0) is 0 Å². The zero-order valence-corrected chi connectivity index (χ0v) is 18.3. The Labute approximate surface area is 180 Å². The minimum atomic E-state index is -0.965. The molecule has 0 unspecified atom stereocenters. The van der Waals surface area contributed by atoms with Crippen molar-refractivity contribution in [3.05, 3.63) is 69.8 Å². The molecule has 0 bridgehead atoms. The highest BCUT2D eigenvalue weighted by atomic mass is 32.2. The van der Waals surface area contributed by atoms with E-state index in [9.17, 15) is 19.2 Å². The number of aryl methyl sites for hydroxylation is 2. The maximum atomic E-state index is 11.9. The first kappa shape index (κ1) is 23.3. The molecule has 0 aliphatic carbocycles. The quantitative estimate of drug-likeness (QED) is 0.701. The molecule has 0 saturated carbocycles. The van der Waals surface area contributed by atoms with E-state index < -0.39 is 5.97 Å². The molecule has 3 rings (SSSR count). The molecule has 2 N–H and O–H groups in total. The van der Waals surface area contributed by atoms with Crippen LogP contribution in [0.5, 0.6) is 0 Å². The number of carbonyl (C=O) groups is 4. The molecule has 0 aromatic heterocycles. The summed E-state index contributed by atoms with van der Waals surface area (Å²) in [5.74, 6) is 0.957. The number of thioether (sulfide) groups is 1. The molecule has 0 atom stereocenters. The monoisotopic (exact) mass is 427 g/mol. The van der Waals surface area contributed by atoms with E-state index in [4.69, 9.17) is 5.11 Å². The highest BCUT2D eigenvalue weighted by Crippen LogP contribution is 2.19. The number of rotatable bonds is 5.